The minimum Gasteiger partial charge on any atom is -0.320 e. The molecular formula is C17H21FN2. The molecule has 1 aromatic rings. The van der Waals surface area contributed by atoms with Gasteiger partial charge in [-0.25, -0.2) is 4.39 Å². The summed E-state index contributed by atoms with van der Waals surface area (Å²) in [5.41, 5.74) is 6.96. The van der Waals surface area contributed by atoms with E-state index < -0.39 is 0 Å². The first-order valence-corrected chi connectivity index (χ1v) is 7.46. The van der Waals surface area contributed by atoms with Crippen molar-refractivity contribution in [1.29, 1.82) is 0 Å². The zero-order valence-electron chi connectivity index (χ0n) is 11.7. The Hall–Kier alpha value is -1.37. The van der Waals surface area contributed by atoms with Gasteiger partial charge in [-0.3, -0.25) is 4.90 Å². The molecule has 3 heteroatoms. The molecule has 1 aliphatic heterocycles. The lowest BCUT2D eigenvalue weighted by Gasteiger charge is -2.17. The molecule has 2 fully saturated rings. The number of hydrogen-bond acceptors (Lipinski definition) is 2. The molecule has 1 aliphatic carbocycles. The highest BCUT2D eigenvalue weighted by Crippen LogP contribution is 2.38. The lowest BCUT2D eigenvalue weighted by Crippen LogP contribution is -2.21. The van der Waals surface area contributed by atoms with Crippen LogP contribution in [0.1, 0.15) is 30.4 Å². The molecule has 106 valence electrons. The van der Waals surface area contributed by atoms with Gasteiger partial charge >= 0.3 is 0 Å². The van der Waals surface area contributed by atoms with Crippen LogP contribution in [0.25, 0.3) is 0 Å². The van der Waals surface area contributed by atoms with Crippen molar-refractivity contribution in [2.75, 3.05) is 19.6 Å². The smallest absolute Gasteiger partial charge is 0.138 e. The zero-order valence-corrected chi connectivity index (χ0v) is 11.7. The first kappa shape index (κ1) is 13.6. The molecule has 0 amide bonds. The molecule has 2 N–H and O–H groups in total. The van der Waals surface area contributed by atoms with Gasteiger partial charge in [0.1, 0.15) is 5.82 Å². The Balaban J connectivity index is 1.68. The van der Waals surface area contributed by atoms with E-state index in [0.717, 1.165) is 23.9 Å². The molecule has 1 saturated heterocycles. The van der Waals surface area contributed by atoms with Crippen LogP contribution >= 0.6 is 0 Å². The second-order valence-electron chi connectivity index (χ2n) is 5.97. The van der Waals surface area contributed by atoms with Crippen LogP contribution in [0.4, 0.5) is 4.39 Å². The summed E-state index contributed by atoms with van der Waals surface area (Å²) in [7, 11) is 0. The highest BCUT2D eigenvalue weighted by molar-refractivity contribution is 5.38. The van der Waals surface area contributed by atoms with Crippen LogP contribution in [0.3, 0.4) is 0 Å². The van der Waals surface area contributed by atoms with E-state index in [1.807, 2.05) is 12.1 Å². The molecule has 0 aromatic heterocycles. The number of nitrogens with two attached hydrogens (primary N) is 1. The average Bonchev–Trinajstić information content (AvgIpc) is 3.00. The molecule has 2 aliphatic rings. The van der Waals surface area contributed by atoms with Crippen molar-refractivity contribution in [3.05, 3.63) is 35.1 Å². The van der Waals surface area contributed by atoms with Crippen molar-refractivity contribution in [2.45, 2.75) is 25.8 Å². The molecule has 0 bridgehead atoms. The third-order valence-corrected chi connectivity index (χ3v) is 4.56. The Bertz CT molecular complexity index is 532. The minimum absolute atomic E-state index is 0.256. The van der Waals surface area contributed by atoms with E-state index in [4.69, 9.17) is 5.73 Å². The second kappa shape index (κ2) is 5.95. The van der Waals surface area contributed by atoms with Gasteiger partial charge in [-0.05, 0) is 42.4 Å². The van der Waals surface area contributed by atoms with E-state index in [1.54, 1.807) is 0 Å². The van der Waals surface area contributed by atoms with Crippen LogP contribution in [0.2, 0.25) is 0 Å². The number of likely N-dealkylation sites (tertiary alicyclic amines) is 1. The first-order valence-electron chi connectivity index (χ1n) is 7.46. The Morgan fingerprint density at radius 1 is 1.25 bits per heavy atom. The van der Waals surface area contributed by atoms with E-state index in [2.05, 4.69) is 16.7 Å². The number of fused-ring (bicyclic) bond motifs is 1. The normalized spacial score (nSPS) is 25.3. The fourth-order valence-corrected chi connectivity index (χ4v) is 3.63. The van der Waals surface area contributed by atoms with E-state index >= 15 is 0 Å². The maximum atomic E-state index is 13.6. The van der Waals surface area contributed by atoms with Gasteiger partial charge in [-0.1, -0.05) is 24.3 Å². The predicted octanol–water partition coefficient (Wildman–Crippen LogP) is 2.37. The molecule has 1 heterocycles. The van der Waals surface area contributed by atoms with Gasteiger partial charge in [0.2, 0.25) is 0 Å². The SMILES string of the molecule is NCC#Cc1cc(CN2CC3CCCC3C2)ccc1F. The summed E-state index contributed by atoms with van der Waals surface area (Å²) in [6.45, 7) is 3.57. The third kappa shape index (κ3) is 2.87. The third-order valence-electron chi connectivity index (χ3n) is 4.56. The number of hydrogen-bond donors (Lipinski definition) is 1. The summed E-state index contributed by atoms with van der Waals surface area (Å²) in [5.74, 6) is 7.07. The molecule has 3 rings (SSSR count). The van der Waals surface area contributed by atoms with Crippen molar-refractivity contribution < 1.29 is 4.39 Å². The quantitative estimate of drug-likeness (QED) is 0.838. The van der Waals surface area contributed by atoms with Crippen molar-refractivity contribution in [1.82, 2.24) is 4.90 Å². The van der Waals surface area contributed by atoms with Crippen molar-refractivity contribution in [3.63, 3.8) is 0 Å². The van der Waals surface area contributed by atoms with Crippen LogP contribution in [0, 0.1) is 29.5 Å². The molecule has 2 unspecified atom stereocenters. The lowest BCUT2D eigenvalue weighted by atomic mass is 10.0. The summed E-state index contributed by atoms with van der Waals surface area (Å²) < 4.78 is 13.6. The topological polar surface area (TPSA) is 29.3 Å². The Morgan fingerprint density at radius 2 is 2.00 bits per heavy atom. The van der Waals surface area contributed by atoms with Gasteiger partial charge in [-0.2, -0.15) is 0 Å². The van der Waals surface area contributed by atoms with Gasteiger partial charge in [0.25, 0.3) is 0 Å². The molecule has 2 atom stereocenters. The Labute approximate surface area is 120 Å². The molecular weight excluding hydrogens is 251 g/mol. The molecule has 20 heavy (non-hydrogen) atoms. The number of nitrogens with zero attached hydrogens (tertiary/aromatic N) is 1. The van der Waals surface area contributed by atoms with Crippen LogP contribution in [-0.4, -0.2) is 24.5 Å². The molecule has 0 radical (unpaired) electrons. The average molecular weight is 272 g/mol. The number of benzene rings is 1. The van der Waals surface area contributed by atoms with Crippen molar-refractivity contribution >= 4 is 0 Å². The fraction of sp³-hybridized carbons (Fsp3) is 0.529. The molecule has 1 saturated carbocycles. The van der Waals surface area contributed by atoms with Crippen LogP contribution in [0.15, 0.2) is 18.2 Å². The zero-order chi connectivity index (χ0) is 13.9. The number of rotatable bonds is 2. The van der Waals surface area contributed by atoms with Gasteiger partial charge in [0.05, 0.1) is 12.1 Å². The Kier molecular flexibility index (Phi) is 4.05. The molecule has 1 aromatic carbocycles. The largest absolute Gasteiger partial charge is 0.320 e. The van der Waals surface area contributed by atoms with Crippen molar-refractivity contribution in [2.24, 2.45) is 17.6 Å². The maximum absolute atomic E-state index is 13.6. The monoisotopic (exact) mass is 272 g/mol. The summed E-state index contributed by atoms with van der Waals surface area (Å²) in [4.78, 5) is 2.50. The maximum Gasteiger partial charge on any atom is 0.138 e. The summed E-state index contributed by atoms with van der Waals surface area (Å²) in [6.07, 6.45) is 4.17. The summed E-state index contributed by atoms with van der Waals surface area (Å²) in [5, 5.41) is 0. The van der Waals surface area contributed by atoms with E-state index in [-0.39, 0.29) is 12.4 Å². The number of halogens is 1. The predicted molar refractivity (Wildman–Crippen MR) is 78.4 cm³/mol. The van der Waals surface area contributed by atoms with Gasteiger partial charge < -0.3 is 5.73 Å². The first-order chi connectivity index (χ1) is 9.76. The van der Waals surface area contributed by atoms with E-state index in [1.165, 1.54) is 38.4 Å². The highest BCUT2D eigenvalue weighted by atomic mass is 19.1. The van der Waals surface area contributed by atoms with Gasteiger partial charge in [0.15, 0.2) is 0 Å². The van der Waals surface area contributed by atoms with Crippen LogP contribution < -0.4 is 5.73 Å². The minimum atomic E-state index is -0.256. The Morgan fingerprint density at radius 3 is 2.70 bits per heavy atom. The van der Waals surface area contributed by atoms with E-state index in [9.17, 15) is 4.39 Å². The summed E-state index contributed by atoms with van der Waals surface area (Å²) >= 11 is 0. The standard InChI is InChI=1S/C17H21FN2/c18-17-7-6-13(9-14(17)5-2-8-19)10-20-11-15-3-1-4-16(15)12-20/h6-7,9,15-16H,1,3-4,8,10-12,19H2. The fourth-order valence-electron chi connectivity index (χ4n) is 3.63. The lowest BCUT2D eigenvalue weighted by molar-refractivity contribution is 0.303. The van der Waals surface area contributed by atoms with E-state index in [0.29, 0.717) is 5.56 Å². The molecule has 0 spiro atoms. The highest BCUT2D eigenvalue weighted by Gasteiger charge is 2.35. The second-order valence-corrected chi connectivity index (χ2v) is 5.97. The van der Waals surface area contributed by atoms with Crippen molar-refractivity contribution in [3.8, 4) is 11.8 Å². The summed E-state index contributed by atoms with van der Waals surface area (Å²) in [6, 6.07) is 5.26. The van der Waals surface area contributed by atoms with Gasteiger partial charge in [0, 0.05) is 19.6 Å². The molecule has 2 nitrogen and oxygen atoms in total. The van der Waals surface area contributed by atoms with Crippen LogP contribution in [0.5, 0.6) is 0 Å². The van der Waals surface area contributed by atoms with Crippen LogP contribution in [-0.2, 0) is 6.54 Å². The van der Waals surface area contributed by atoms with Gasteiger partial charge in [-0.15, -0.1) is 0 Å².